The number of nitrogens with zero attached hydrogens (tertiary/aromatic N) is 1. The number of anilines is 1. The summed E-state index contributed by atoms with van der Waals surface area (Å²) in [5.74, 6) is 0. The number of hydrogen-bond donors (Lipinski definition) is 1. The minimum atomic E-state index is -3.70. The first kappa shape index (κ1) is 18.4. The van der Waals surface area contributed by atoms with Crippen LogP contribution in [0.25, 0.3) is 0 Å². The molecule has 0 unspecified atom stereocenters. The van der Waals surface area contributed by atoms with Crippen molar-refractivity contribution >= 4 is 25.5 Å². The summed E-state index contributed by atoms with van der Waals surface area (Å²) in [6.07, 6.45) is 1.08. The van der Waals surface area contributed by atoms with Crippen LogP contribution in [0.15, 0.2) is 58.3 Å². The highest BCUT2D eigenvalue weighted by Crippen LogP contribution is 2.16. The molecule has 0 spiro atoms. The van der Waals surface area contributed by atoms with Crippen molar-refractivity contribution in [2.24, 2.45) is 0 Å². The number of benzene rings is 2. The van der Waals surface area contributed by atoms with Crippen molar-refractivity contribution in [3.63, 3.8) is 0 Å². The van der Waals surface area contributed by atoms with Gasteiger partial charge in [0.05, 0.1) is 9.79 Å². The van der Waals surface area contributed by atoms with Gasteiger partial charge in [-0.05, 0) is 42.0 Å². The molecule has 1 N–H and O–H groups in total. The summed E-state index contributed by atoms with van der Waals surface area (Å²) >= 11 is 0. The second-order valence-corrected chi connectivity index (χ2v) is 9.41. The Hall–Kier alpha value is -1.90. The Morgan fingerprint density at radius 2 is 1.33 bits per heavy atom. The highest BCUT2D eigenvalue weighted by atomic mass is 32.2. The van der Waals surface area contributed by atoms with E-state index in [1.54, 1.807) is 0 Å². The second kappa shape index (κ2) is 6.92. The molecule has 2 aromatic carbocycles. The fraction of sp³-hybridized carbons (Fsp3) is 0.250. The molecule has 8 heteroatoms. The quantitative estimate of drug-likeness (QED) is 0.838. The van der Waals surface area contributed by atoms with E-state index < -0.39 is 19.9 Å². The van der Waals surface area contributed by atoms with Gasteiger partial charge in [-0.25, -0.2) is 21.6 Å². The molecule has 0 radical (unpaired) electrons. The first-order valence-corrected chi connectivity index (χ1v) is 10.5. The first-order valence-electron chi connectivity index (χ1n) is 7.16. The van der Waals surface area contributed by atoms with Crippen molar-refractivity contribution in [3.05, 3.63) is 54.1 Å². The molecule has 24 heavy (non-hydrogen) atoms. The monoisotopic (exact) mass is 368 g/mol. The van der Waals surface area contributed by atoms with E-state index in [9.17, 15) is 16.8 Å². The summed E-state index contributed by atoms with van der Waals surface area (Å²) in [6.45, 7) is 0.157. The summed E-state index contributed by atoms with van der Waals surface area (Å²) < 4.78 is 49.9. The molecule has 0 aromatic heterocycles. The van der Waals surface area contributed by atoms with E-state index in [-0.39, 0.29) is 16.3 Å². The van der Waals surface area contributed by atoms with E-state index in [4.69, 9.17) is 0 Å². The van der Waals surface area contributed by atoms with Crippen LogP contribution in [0.5, 0.6) is 0 Å². The lowest BCUT2D eigenvalue weighted by Gasteiger charge is -2.13. The van der Waals surface area contributed by atoms with Crippen LogP contribution in [-0.2, 0) is 26.4 Å². The molecule has 0 aliphatic heterocycles. The summed E-state index contributed by atoms with van der Waals surface area (Å²) in [5, 5.41) is 0. The third-order valence-electron chi connectivity index (χ3n) is 3.48. The van der Waals surface area contributed by atoms with Gasteiger partial charge in [-0.15, -0.1) is 0 Å². The summed E-state index contributed by atoms with van der Waals surface area (Å²) in [7, 11) is -3.20. The van der Waals surface area contributed by atoms with Gasteiger partial charge in [0.2, 0.25) is 10.0 Å². The predicted molar refractivity (Wildman–Crippen MR) is 94.3 cm³/mol. The Morgan fingerprint density at radius 3 is 1.79 bits per heavy atom. The van der Waals surface area contributed by atoms with Crippen molar-refractivity contribution in [1.82, 2.24) is 4.72 Å². The molecular formula is C16H20N2O4S2. The molecule has 0 amide bonds. The normalized spacial score (nSPS) is 12.1. The van der Waals surface area contributed by atoms with Gasteiger partial charge < -0.3 is 4.90 Å². The predicted octanol–water partition coefficient (Wildman–Crippen LogP) is 1.63. The maximum atomic E-state index is 12.3. The maximum Gasteiger partial charge on any atom is 0.240 e. The summed E-state index contributed by atoms with van der Waals surface area (Å²) in [5.41, 5.74) is 1.86. The molecular weight excluding hydrogens is 348 g/mol. The first-order chi connectivity index (χ1) is 11.1. The molecule has 0 aliphatic carbocycles. The van der Waals surface area contributed by atoms with Gasteiger partial charge in [0.15, 0.2) is 9.84 Å². The van der Waals surface area contributed by atoms with Crippen LogP contribution in [0.1, 0.15) is 5.56 Å². The molecule has 0 heterocycles. The molecule has 2 rings (SSSR count). The summed E-state index contributed by atoms with van der Waals surface area (Å²) in [6, 6.07) is 12.7. The third kappa shape index (κ3) is 4.56. The fourth-order valence-corrected chi connectivity index (χ4v) is 3.69. The molecule has 0 aliphatic rings. The molecule has 6 nitrogen and oxygen atoms in total. The van der Waals surface area contributed by atoms with Gasteiger partial charge in [-0.3, -0.25) is 0 Å². The van der Waals surface area contributed by atoms with Crippen LogP contribution < -0.4 is 9.62 Å². The second-order valence-electron chi connectivity index (χ2n) is 5.63. The molecule has 0 bridgehead atoms. The van der Waals surface area contributed by atoms with Crippen LogP contribution in [0.4, 0.5) is 5.69 Å². The van der Waals surface area contributed by atoms with E-state index in [2.05, 4.69) is 4.72 Å². The smallest absolute Gasteiger partial charge is 0.240 e. The van der Waals surface area contributed by atoms with Crippen molar-refractivity contribution in [2.45, 2.75) is 16.3 Å². The highest BCUT2D eigenvalue weighted by Gasteiger charge is 2.15. The number of nitrogens with one attached hydrogen (secondary N) is 1. The van der Waals surface area contributed by atoms with Crippen LogP contribution in [0, 0.1) is 0 Å². The molecule has 0 fully saturated rings. The van der Waals surface area contributed by atoms with E-state index in [1.165, 1.54) is 24.3 Å². The van der Waals surface area contributed by atoms with Crippen LogP contribution in [0.3, 0.4) is 0 Å². The maximum absolute atomic E-state index is 12.3. The van der Waals surface area contributed by atoms with E-state index >= 15 is 0 Å². The average Bonchev–Trinajstić information content (AvgIpc) is 2.53. The van der Waals surface area contributed by atoms with Gasteiger partial charge in [-0.1, -0.05) is 12.1 Å². The lowest BCUT2D eigenvalue weighted by Crippen LogP contribution is -2.23. The Bertz CT molecular complexity index is 902. The van der Waals surface area contributed by atoms with Gasteiger partial charge in [0.25, 0.3) is 0 Å². The zero-order valence-corrected chi connectivity index (χ0v) is 15.4. The van der Waals surface area contributed by atoms with Crippen LogP contribution in [0.2, 0.25) is 0 Å². The van der Waals surface area contributed by atoms with Crippen molar-refractivity contribution < 1.29 is 16.8 Å². The lowest BCUT2D eigenvalue weighted by molar-refractivity contribution is 0.580. The van der Waals surface area contributed by atoms with Gasteiger partial charge >= 0.3 is 0 Å². The number of rotatable bonds is 6. The summed E-state index contributed by atoms with van der Waals surface area (Å²) in [4.78, 5) is 2.07. The molecule has 2 aromatic rings. The lowest BCUT2D eigenvalue weighted by atomic mass is 10.2. The van der Waals surface area contributed by atoms with Gasteiger partial charge in [0.1, 0.15) is 0 Å². The average molecular weight is 368 g/mol. The van der Waals surface area contributed by atoms with E-state index in [1.807, 2.05) is 43.3 Å². The topological polar surface area (TPSA) is 83.6 Å². The molecule has 0 saturated carbocycles. The van der Waals surface area contributed by atoms with Crippen molar-refractivity contribution in [3.8, 4) is 0 Å². The minimum absolute atomic E-state index is 0.0276. The molecule has 0 saturated heterocycles. The highest BCUT2D eigenvalue weighted by molar-refractivity contribution is 7.90. The van der Waals surface area contributed by atoms with Crippen molar-refractivity contribution in [1.29, 1.82) is 0 Å². The molecule has 0 atom stereocenters. The Balaban J connectivity index is 2.11. The number of sulfone groups is 1. The SMILES string of the molecule is CN(C)c1ccc(CNS(=O)(=O)c2ccc(S(C)(=O)=O)cc2)cc1. The van der Waals surface area contributed by atoms with E-state index in [0.717, 1.165) is 17.5 Å². The Labute approximate surface area is 143 Å². The largest absolute Gasteiger partial charge is 0.378 e. The van der Waals surface area contributed by atoms with Gasteiger partial charge in [-0.2, -0.15) is 0 Å². The fourth-order valence-electron chi connectivity index (χ4n) is 2.04. The van der Waals surface area contributed by atoms with Crippen LogP contribution in [-0.4, -0.2) is 37.2 Å². The number of sulfonamides is 1. The van der Waals surface area contributed by atoms with E-state index in [0.29, 0.717) is 0 Å². The Morgan fingerprint density at radius 1 is 0.833 bits per heavy atom. The van der Waals surface area contributed by atoms with Crippen LogP contribution >= 0.6 is 0 Å². The molecule has 130 valence electrons. The standard InChI is InChI=1S/C16H20N2O4S2/c1-18(2)14-6-4-13(5-7-14)12-17-24(21,22)16-10-8-15(9-11-16)23(3,19)20/h4-11,17H,12H2,1-3H3. The Kier molecular flexibility index (Phi) is 5.32. The van der Waals surface area contributed by atoms with Crippen molar-refractivity contribution in [2.75, 3.05) is 25.3 Å². The minimum Gasteiger partial charge on any atom is -0.378 e. The third-order valence-corrected chi connectivity index (χ3v) is 6.03. The van der Waals surface area contributed by atoms with Gasteiger partial charge in [0, 0.05) is 32.6 Å². The number of hydrogen-bond acceptors (Lipinski definition) is 5. The zero-order valence-electron chi connectivity index (χ0n) is 13.7. The zero-order chi connectivity index (χ0) is 18.0.